The molecule has 0 aromatic heterocycles. The van der Waals surface area contributed by atoms with Gasteiger partial charge in [-0.1, -0.05) is 46.3 Å². The molecule has 19 heavy (non-hydrogen) atoms. The molecule has 0 fully saturated rings. The van der Waals surface area contributed by atoms with Gasteiger partial charge >= 0.3 is 0 Å². The molecule has 0 unspecified atom stereocenters. The first-order chi connectivity index (χ1) is 9.08. The van der Waals surface area contributed by atoms with Gasteiger partial charge < -0.3 is 5.32 Å². The summed E-state index contributed by atoms with van der Waals surface area (Å²) in [5, 5.41) is 2.95. The Morgan fingerprint density at radius 2 is 1.84 bits per heavy atom. The van der Waals surface area contributed by atoms with Gasteiger partial charge in [0.15, 0.2) is 0 Å². The SMILES string of the molecule is Cc1cc(NC(=O)[C@@H](C)c2ccccc2)ccc1Br. The zero-order valence-electron chi connectivity index (χ0n) is 11.0. The Morgan fingerprint density at radius 1 is 1.16 bits per heavy atom. The number of hydrogen-bond acceptors (Lipinski definition) is 1. The molecule has 1 amide bonds. The Labute approximate surface area is 122 Å². The molecule has 0 spiro atoms. The van der Waals surface area contributed by atoms with E-state index in [0.717, 1.165) is 21.3 Å². The van der Waals surface area contributed by atoms with E-state index in [1.165, 1.54) is 0 Å². The van der Waals surface area contributed by atoms with Gasteiger partial charge in [0.25, 0.3) is 0 Å². The van der Waals surface area contributed by atoms with Crippen molar-refractivity contribution in [1.82, 2.24) is 0 Å². The third-order valence-corrected chi connectivity index (χ3v) is 4.01. The van der Waals surface area contributed by atoms with Crippen LogP contribution >= 0.6 is 15.9 Å². The Kier molecular flexibility index (Phi) is 4.38. The lowest BCUT2D eigenvalue weighted by atomic mass is 10.0. The topological polar surface area (TPSA) is 29.1 Å². The quantitative estimate of drug-likeness (QED) is 0.887. The zero-order chi connectivity index (χ0) is 13.8. The Bertz CT molecular complexity index is 581. The highest BCUT2D eigenvalue weighted by atomic mass is 79.9. The number of amides is 1. The Morgan fingerprint density at radius 3 is 2.47 bits per heavy atom. The fourth-order valence-corrected chi connectivity index (χ4v) is 2.11. The first kappa shape index (κ1) is 13.8. The molecule has 1 atom stereocenters. The molecule has 98 valence electrons. The van der Waals surface area contributed by atoms with E-state index in [-0.39, 0.29) is 11.8 Å². The Balaban J connectivity index is 2.10. The summed E-state index contributed by atoms with van der Waals surface area (Å²) in [6, 6.07) is 15.6. The van der Waals surface area contributed by atoms with E-state index in [2.05, 4.69) is 21.2 Å². The summed E-state index contributed by atoms with van der Waals surface area (Å²) in [4.78, 5) is 12.2. The molecule has 2 aromatic carbocycles. The molecule has 0 aliphatic carbocycles. The van der Waals surface area contributed by atoms with Crippen LogP contribution in [0.5, 0.6) is 0 Å². The minimum Gasteiger partial charge on any atom is -0.326 e. The third kappa shape index (κ3) is 3.44. The lowest BCUT2D eigenvalue weighted by Crippen LogP contribution is -2.18. The van der Waals surface area contributed by atoms with Gasteiger partial charge in [-0.05, 0) is 43.2 Å². The lowest BCUT2D eigenvalue weighted by molar-refractivity contribution is -0.117. The number of hydrogen-bond donors (Lipinski definition) is 1. The first-order valence-corrected chi connectivity index (χ1v) is 6.99. The van der Waals surface area contributed by atoms with Crippen molar-refractivity contribution in [2.75, 3.05) is 5.32 Å². The summed E-state index contributed by atoms with van der Waals surface area (Å²) in [5.74, 6) is -0.155. The number of rotatable bonds is 3. The van der Waals surface area contributed by atoms with Crippen LogP contribution in [0.3, 0.4) is 0 Å². The Hall–Kier alpha value is -1.61. The van der Waals surface area contributed by atoms with Crippen molar-refractivity contribution in [3.8, 4) is 0 Å². The van der Waals surface area contributed by atoms with Gasteiger partial charge in [0.05, 0.1) is 5.92 Å². The molecule has 2 rings (SSSR count). The number of aryl methyl sites for hydroxylation is 1. The number of carbonyl (C=O) groups is 1. The van der Waals surface area contributed by atoms with Crippen LogP contribution < -0.4 is 5.32 Å². The fourth-order valence-electron chi connectivity index (χ4n) is 1.87. The number of halogens is 1. The number of anilines is 1. The van der Waals surface area contributed by atoms with Crippen LogP contribution in [0.25, 0.3) is 0 Å². The molecule has 0 aliphatic rings. The van der Waals surface area contributed by atoms with E-state index in [4.69, 9.17) is 0 Å². The minimum atomic E-state index is -0.162. The van der Waals surface area contributed by atoms with Crippen LogP contribution in [-0.4, -0.2) is 5.91 Å². The van der Waals surface area contributed by atoms with Crippen molar-refractivity contribution >= 4 is 27.5 Å². The summed E-state index contributed by atoms with van der Waals surface area (Å²) in [6.07, 6.45) is 0. The number of benzene rings is 2. The first-order valence-electron chi connectivity index (χ1n) is 6.20. The molecular weight excluding hydrogens is 302 g/mol. The van der Waals surface area contributed by atoms with E-state index in [0.29, 0.717) is 0 Å². The van der Waals surface area contributed by atoms with E-state index in [9.17, 15) is 4.79 Å². The van der Waals surface area contributed by atoms with Crippen molar-refractivity contribution in [3.63, 3.8) is 0 Å². The van der Waals surface area contributed by atoms with E-state index in [1.54, 1.807) is 0 Å². The lowest BCUT2D eigenvalue weighted by Gasteiger charge is -2.13. The van der Waals surface area contributed by atoms with E-state index >= 15 is 0 Å². The molecular formula is C16H16BrNO. The molecule has 2 nitrogen and oxygen atoms in total. The maximum absolute atomic E-state index is 12.2. The van der Waals surface area contributed by atoms with Crippen molar-refractivity contribution in [2.45, 2.75) is 19.8 Å². The molecule has 0 saturated carbocycles. The minimum absolute atomic E-state index is 0.00734. The highest BCUT2D eigenvalue weighted by Gasteiger charge is 2.14. The molecule has 0 bridgehead atoms. The maximum atomic E-state index is 12.2. The summed E-state index contributed by atoms with van der Waals surface area (Å²) >= 11 is 3.45. The highest BCUT2D eigenvalue weighted by molar-refractivity contribution is 9.10. The van der Waals surface area contributed by atoms with Crippen LogP contribution in [0.1, 0.15) is 24.0 Å². The summed E-state index contributed by atoms with van der Waals surface area (Å²) < 4.78 is 1.04. The second-order valence-electron chi connectivity index (χ2n) is 4.59. The zero-order valence-corrected chi connectivity index (χ0v) is 12.6. The molecule has 0 saturated heterocycles. The van der Waals surface area contributed by atoms with E-state index in [1.807, 2.05) is 62.4 Å². The molecule has 3 heteroatoms. The van der Waals surface area contributed by atoms with Gasteiger partial charge in [-0.25, -0.2) is 0 Å². The predicted molar refractivity (Wildman–Crippen MR) is 82.4 cm³/mol. The van der Waals surface area contributed by atoms with Crippen molar-refractivity contribution in [1.29, 1.82) is 0 Å². The van der Waals surface area contributed by atoms with Crippen LogP contribution in [0.15, 0.2) is 53.0 Å². The van der Waals surface area contributed by atoms with Crippen LogP contribution in [-0.2, 0) is 4.79 Å². The van der Waals surface area contributed by atoms with Crippen molar-refractivity contribution in [2.24, 2.45) is 0 Å². The van der Waals surface area contributed by atoms with Gasteiger partial charge in [0.1, 0.15) is 0 Å². The van der Waals surface area contributed by atoms with Gasteiger partial charge in [-0.15, -0.1) is 0 Å². The smallest absolute Gasteiger partial charge is 0.231 e. The highest BCUT2D eigenvalue weighted by Crippen LogP contribution is 2.22. The summed E-state index contributed by atoms with van der Waals surface area (Å²) in [5.41, 5.74) is 2.95. The van der Waals surface area contributed by atoms with Gasteiger partial charge in [0, 0.05) is 10.2 Å². The third-order valence-electron chi connectivity index (χ3n) is 3.12. The standard InChI is InChI=1S/C16H16BrNO/c1-11-10-14(8-9-15(11)17)18-16(19)12(2)13-6-4-3-5-7-13/h3-10,12H,1-2H3,(H,18,19)/t12-/m0/s1. The second kappa shape index (κ2) is 6.02. The average Bonchev–Trinajstić information content (AvgIpc) is 2.43. The maximum Gasteiger partial charge on any atom is 0.231 e. The van der Waals surface area contributed by atoms with Gasteiger partial charge in [0.2, 0.25) is 5.91 Å². The molecule has 0 aliphatic heterocycles. The van der Waals surface area contributed by atoms with Gasteiger partial charge in [-0.3, -0.25) is 4.79 Å². The van der Waals surface area contributed by atoms with Crippen molar-refractivity contribution < 1.29 is 4.79 Å². The van der Waals surface area contributed by atoms with Crippen LogP contribution in [0.2, 0.25) is 0 Å². The fraction of sp³-hybridized carbons (Fsp3) is 0.188. The van der Waals surface area contributed by atoms with E-state index < -0.39 is 0 Å². The average molecular weight is 318 g/mol. The molecule has 0 radical (unpaired) electrons. The van der Waals surface area contributed by atoms with Crippen molar-refractivity contribution in [3.05, 3.63) is 64.1 Å². The summed E-state index contributed by atoms with van der Waals surface area (Å²) in [7, 11) is 0. The molecule has 1 N–H and O–H groups in total. The monoisotopic (exact) mass is 317 g/mol. The number of carbonyl (C=O) groups excluding carboxylic acids is 1. The predicted octanol–water partition coefficient (Wildman–Crippen LogP) is 4.50. The number of nitrogens with one attached hydrogen (secondary N) is 1. The van der Waals surface area contributed by atoms with Gasteiger partial charge in [-0.2, -0.15) is 0 Å². The second-order valence-corrected chi connectivity index (χ2v) is 5.44. The normalized spacial score (nSPS) is 11.9. The molecule has 0 heterocycles. The van der Waals surface area contributed by atoms with Crippen LogP contribution in [0.4, 0.5) is 5.69 Å². The van der Waals surface area contributed by atoms with Crippen LogP contribution in [0, 0.1) is 6.92 Å². The summed E-state index contributed by atoms with van der Waals surface area (Å²) in [6.45, 7) is 3.91. The molecule has 2 aromatic rings. The largest absolute Gasteiger partial charge is 0.326 e.